The standard InChI is InChI=1S/C13H24N2O/c1-10-5-7-13(9-14,8-6-10)15-12(16)11-3-2-4-11/h10-11H,2-9,14H2,1H3,(H,15,16). The molecule has 92 valence electrons. The number of nitrogens with one attached hydrogen (secondary N) is 1. The van der Waals surface area contributed by atoms with Crippen molar-refractivity contribution in [3.63, 3.8) is 0 Å². The van der Waals surface area contributed by atoms with Crippen LogP contribution in [-0.4, -0.2) is 18.0 Å². The molecule has 3 nitrogen and oxygen atoms in total. The first-order valence-corrected chi connectivity index (χ1v) is 6.67. The molecule has 3 N–H and O–H groups in total. The molecule has 2 fully saturated rings. The average molecular weight is 224 g/mol. The van der Waals surface area contributed by atoms with Crippen LogP contribution in [0.3, 0.4) is 0 Å². The average Bonchev–Trinajstić information content (AvgIpc) is 2.19. The van der Waals surface area contributed by atoms with E-state index in [4.69, 9.17) is 5.73 Å². The van der Waals surface area contributed by atoms with E-state index < -0.39 is 0 Å². The number of amides is 1. The van der Waals surface area contributed by atoms with Gasteiger partial charge in [-0.3, -0.25) is 4.79 Å². The predicted octanol–water partition coefficient (Wildman–Crippen LogP) is 1.81. The largest absolute Gasteiger partial charge is 0.349 e. The summed E-state index contributed by atoms with van der Waals surface area (Å²) < 4.78 is 0. The maximum Gasteiger partial charge on any atom is 0.223 e. The molecule has 0 radical (unpaired) electrons. The van der Waals surface area contributed by atoms with Crippen LogP contribution in [0.25, 0.3) is 0 Å². The number of carbonyl (C=O) groups excluding carboxylic acids is 1. The topological polar surface area (TPSA) is 55.1 Å². The minimum atomic E-state index is -0.0841. The van der Waals surface area contributed by atoms with Crippen LogP contribution in [0.1, 0.15) is 51.9 Å². The van der Waals surface area contributed by atoms with Crippen molar-refractivity contribution in [2.75, 3.05) is 6.54 Å². The van der Waals surface area contributed by atoms with Gasteiger partial charge in [0.2, 0.25) is 5.91 Å². The normalized spacial score (nSPS) is 35.5. The summed E-state index contributed by atoms with van der Waals surface area (Å²) in [7, 11) is 0. The van der Waals surface area contributed by atoms with Gasteiger partial charge in [-0.05, 0) is 44.4 Å². The van der Waals surface area contributed by atoms with Crippen LogP contribution >= 0.6 is 0 Å². The molecular weight excluding hydrogens is 200 g/mol. The first-order chi connectivity index (χ1) is 7.65. The fraction of sp³-hybridized carbons (Fsp3) is 0.923. The van der Waals surface area contributed by atoms with Crippen LogP contribution in [0.5, 0.6) is 0 Å². The highest BCUT2D eigenvalue weighted by Crippen LogP contribution is 2.33. The molecule has 1 amide bonds. The van der Waals surface area contributed by atoms with Gasteiger partial charge in [0, 0.05) is 12.5 Å². The smallest absolute Gasteiger partial charge is 0.223 e. The van der Waals surface area contributed by atoms with Gasteiger partial charge >= 0.3 is 0 Å². The van der Waals surface area contributed by atoms with Gasteiger partial charge in [0.15, 0.2) is 0 Å². The van der Waals surface area contributed by atoms with Crippen LogP contribution < -0.4 is 11.1 Å². The summed E-state index contributed by atoms with van der Waals surface area (Å²) in [4.78, 5) is 12.0. The first-order valence-electron chi connectivity index (χ1n) is 6.67. The Labute approximate surface area is 98.2 Å². The molecule has 0 heterocycles. The van der Waals surface area contributed by atoms with Crippen LogP contribution in [0.4, 0.5) is 0 Å². The zero-order chi connectivity index (χ0) is 11.6. The first kappa shape index (κ1) is 11.9. The quantitative estimate of drug-likeness (QED) is 0.768. The second-order valence-corrected chi connectivity index (χ2v) is 5.78. The molecule has 0 spiro atoms. The predicted molar refractivity (Wildman–Crippen MR) is 64.9 cm³/mol. The van der Waals surface area contributed by atoms with Crippen LogP contribution in [0.2, 0.25) is 0 Å². The number of carbonyl (C=O) groups is 1. The van der Waals surface area contributed by atoms with Gasteiger partial charge in [-0.15, -0.1) is 0 Å². The van der Waals surface area contributed by atoms with Gasteiger partial charge in [0.05, 0.1) is 5.54 Å². The molecule has 2 rings (SSSR count). The molecule has 0 aromatic carbocycles. The Bertz CT molecular complexity index is 253. The van der Waals surface area contributed by atoms with Gasteiger partial charge in [-0.2, -0.15) is 0 Å². The summed E-state index contributed by atoms with van der Waals surface area (Å²) in [5, 5.41) is 3.24. The lowest BCUT2D eigenvalue weighted by atomic mass is 9.76. The second kappa shape index (κ2) is 4.74. The third kappa shape index (κ3) is 2.40. The third-order valence-electron chi connectivity index (χ3n) is 4.49. The molecule has 2 aliphatic rings. The van der Waals surface area contributed by atoms with Crippen molar-refractivity contribution in [2.45, 2.75) is 57.4 Å². The van der Waals surface area contributed by atoms with E-state index in [-0.39, 0.29) is 17.4 Å². The summed E-state index contributed by atoms with van der Waals surface area (Å²) in [5.74, 6) is 1.33. The summed E-state index contributed by atoms with van der Waals surface area (Å²) in [5.41, 5.74) is 5.79. The zero-order valence-electron chi connectivity index (χ0n) is 10.3. The second-order valence-electron chi connectivity index (χ2n) is 5.78. The van der Waals surface area contributed by atoms with E-state index in [2.05, 4.69) is 12.2 Å². The minimum Gasteiger partial charge on any atom is -0.349 e. The van der Waals surface area contributed by atoms with E-state index in [9.17, 15) is 4.79 Å². The van der Waals surface area contributed by atoms with Crippen molar-refractivity contribution < 1.29 is 4.79 Å². The highest BCUT2D eigenvalue weighted by atomic mass is 16.2. The lowest BCUT2D eigenvalue weighted by Gasteiger charge is -2.41. The fourth-order valence-corrected chi connectivity index (χ4v) is 2.73. The fourth-order valence-electron chi connectivity index (χ4n) is 2.73. The molecular formula is C13H24N2O. The molecule has 0 bridgehead atoms. The molecule has 0 aliphatic heterocycles. The van der Waals surface area contributed by atoms with Crippen LogP contribution in [-0.2, 0) is 4.79 Å². The lowest BCUT2D eigenvalue weighted by molar-refractivity contribution is -0.129. The summed E-state index contributed by atoms with van der Waals surface area (Å²) in [6, 6.07) is 0. The molecule has 2 saturated carbocycles. The Morgan fingerprint density at radius 2 is 1.94 bits per heavy atom. The Hall–Kier alpha value is -0.570. The van der Waals surface area contributed by atoms with Gasteiger partial charge in [0.1, 0.15) is 0 Å². The maximum atomic E-state index is 12.0. The van der Waals surface area contributed by atoms with E-state index >= 15 is 0 Å². The number of rotatable bonds is 3. The SMILES string of the molecule is CC1CCC(CN)(NC(=O)C2CCC2)CC1. The van der Waals surface area contributed by atoms with Gasteiger partial charge in [-0.1, -0.05) is 13.3 Å². The monoisotopic (exact) mass is 224 g/mol. The van der Waals surface area contributed by atoms with Crippen molar-refractivity contribution in [1.82, 2.24) is 5.32 Å². The van der Waals surface area contributed by atoms with Gasteiger partial charge in [0.25, 0.3) is 0 Å². The van der Waals surface area contributed by atoms with Crippen molar-refractivity contribution >= 4 is 5.91 Å². The van der Waals surface area contributed by atoms with E-state index in [0.29, 0.717) is 6.54 Å². The van der Waals surface area contributed by atoms with Gasteiger partial charge in [-0.25, -0.2) is 0 Å². The summed E-state index contributed by atoms with van der Waals surface area (Å²) in [6.45, 7) is 2.88. The Morgan fingerprint density at radius 1 is 1.31 bits per heavy atom. The Morgan fingerprint density at radius 3 is 2.38 bits per heavy atom. The van der Waals surface area contributed by atoms with Crippen LogP contribution in [0.15, 0.2) is 0 Å². The number of hydrogen-bond donors (Lipinski definition) is 2. The van der Waals surface area contributed by atoms with Crippen molar-refractivity contribution in [2.24, 2.45) is 17.6 Å². The molecule has 2 aliphatic carbocycles. The molecule has 0 saturated heterocycles. The maximum absolute atomic E-state index is 12.0. The van der Waals surface area contributed by atoms with E-state index in [1.807, 2.05) is 0 Å². The highest BCUT2D eigenvalue weighted by molar-refractivity contribution is 5.80. The summed E-state index contributed by atoms with van der Waals surface area (Å²) >= 11 is 0. The number of nitrogens with two attached hydrogens (primary N) is 1. The van der Waals surface area contributed by atoms with Crippen LogP contribution in [0, 0.1) is 11.8 Å². The zero-order valence-corrected chi connectivity index (χ0v) is 10.3. The molecule has 16 heavy (non-hydrogen) atoms. The number of hydrogen-bond acceptors (Lipinski definition) is 2. The Balaban J connectivity index is 1.90. The molecule has 0 unspecified atom stereocenters. The molecule has 3 heteroatoms. The van der Waals surface area contributed by atoms with Crippen molar-refractivity contribution in [1.29, 1.82) is 0 Å². The summed E-state index contributed by atoms with van der Waals surface area (Å²) in [6.07, 6.45) is 7.87. The van der Waals surface area contributed by atoms with E-state index in [1.54, 1.807) is 0 Å². The van der Waals surface area contributed by atoms with Crippen molar-refractivity contribution in [3.8, 4) is 0 Å². The minimum absolute atomic E-state index is 0.0841. The molecule has 0 atom stereocenters. The lowest BCUT2D eigenvalue weighted by Crippen LogP contribution is -2.57. The van der Waals surface area contributed by atoms with Crippen molar-refractivity contribution in [3.05, 3.63) is 0 Å². The Kier molecular flexibility index (Phi) is 3.53. The third-order valence-corrected chi connectivity index (χ3v) is 4.49. The molecule has 0 aromatic rings. The highest BCUT2D eigenvalue weighted by Gasteiger charge is 2.36. The van der Waals surface area contributed by atoms with E-state index in [0.717, 1.165) is 31.6 Å². The van der Waals surface area contributed by atoms with Gasteiger partial charge < -0.3 is 11.1 Å². The van der Waals surface area contributed by atoms with E-state index in [1.165, 1.54) is 19.3 Å². The molecule has 0 aromatic heterocycles.